The molecule has 19 heavy (non-hydrogen) atoms. The highest BCUT2D eigenvalue weighted by Gasteiger charge is 2.20. The van der Waals surface area contributed by atoms with Crippen molar-refractivity contribution >= 4 is 11.5 Å². The summed E-state index contributed by atoms with van der Waals surface area (Å²) in [5.74, 6) is 0.460. The number of nitrogens with zero attached hydrogens (tertiary/aromatic N) is 1. The number of anilines is 2. The van der Waals surface area contributed by atoms with Crippen LogP contribution in [0.1, 0.15) is 41.0 Å². The molecule has 4 N–H and O–H groups in total. The van der Waals surface area contributed by atoms with Gasteiger partial charge < -0.3 is 11.1 Å². The summed E-state index contributed by atoms with van der Waals surface area (Å²) in [6.07, 6.45) is 0.829. The molecule has 0 aliphatic rings. The van der Waals surface area contributed by atoms with E-state index >= 15 is 0 Å². The first-order valence-corrected chi connectivity index (χ1v) is 6.58. The second-order valence-electron chi connectivity index (χ2n) is 5.89. The molecule has 0 aliphatic carbocycles. The Bertz CT molecular complexity index is 555. The van der Waals surface area contributed by atoms with Gasteiger partial charge in [-0.25, -0.2) is 4.79 Å². The molecule has 6 nitrogen and oxygen atoms in total. The van der Waals surface area contributed by atoms with Crippen LogP contribution in [0, 0.1) is 5.92 Å². The van der Waals surface area contributed by atoms with Crippen molar-refractivity contribution in [1.29, 1.82) is 0 Å². The predicted octanol–water partition coefficient (Wildman–Crippen LogP) is 1.38. The number of H-pyrrole nitrogens is 1. The minimum atomic E-state index is -0.468. The van der Waals surface area contributed by atoms with Crippen molar-refractivity contribution in [3.8, 4) is 0 Å². The van der Waals surface area contributed by atoms with Gasteiger partial charge in [-0.2, -0.15) is 0 Å². The van der Waals surface area contributed by atoms with Crippen molar-refractivity contribution in [3.05, 3.63) is 20.8 Å². The summed E-state index contributed by atoms with van der Waals surface area (Å²) < 4.78 is 1.40. The molecule has 1 aromatic heterocycles. The third-order valence-electron chi connectivity index (χ3n) is 3.13. The Labute approximate surface area is 113 Å². The maximum Gasteiger partial charge on any atom is 0.330 e. The Morgan fingerprint density at radius 1 is 1.37 bits per heavy atom. The molecule has 6 heteroatoms. The van der Waals surface area contributed by atoms with E-state index in [0.717, 1.165) is 6.42 Å². The zero-order chi connectivity index (χ0) is 14.8. The van der Waals surface area contributed by atoms with Crippen LogP contribution in [0.25, 0.3) is 0 Å². The monoisotopic (exact) mass is 268 g/mol. The Hall–Kier alpha value is -1.72. The number of nitrogen functional groups attached to an aromatic ring is 1. The maximum absolute atomic E-state index is 11.9. The third kappa shape index (κ3) is 3.62. The predicted molar refractivity (Wildman–Crippen MR) is 78.6 cm³/mol. The van der Waals surface area contributed by atoms with Crippen molar-refractivity contribution in [2.24, 2.45) is 5.92 Å². The molecular formula is C13H24N4O2. The summed E-state index contributed by atoms with van der Waals surface area (Å²) in [5, 5.41) is 3.12. The number of rotatable bonds is 5. The fourth-order valence-corrected chi connectivity index (χ4v) is 1.68. The Morgan fingerprint density at radius 3 is 2.42 bits per heavy atom. The quantitative estimate of drug-likeness (QED) is 0.752. The minimum absolute atomic E-state index is 0.198. The van der Waals surface area contributed by atoms with E-state index in [9.17, 15) is 9.59 Å². The van der Waals surface area contributed by atoms with Crippen LogP contribution in [-0.2, 0) is 6.54 Å². The fourth-order valence-electron chi connectivity index (χ4n) is 1.68. The number of nitrogens with two attached hydrogens (primary N) is 1. The zero-order valence-corrected chi connectivity index (χ0v) is 12.3. The summed E-state index contributed by atoms with van der Waals surface area (Å²) >= 11 is 0. The van der Waals surface area contributed by atoms with Crippen LogP contribution >= 0.6 is 0 Å². The first-order chi connectivity index (χ1) is 8.68. The molecule has 0 fully saturated rings. The molecule has 108 valence electrons. The summed E-state index contributed by atoms with van der Waals surface area (Å²) in [4.78, 5) is 26.0. The van der Waals surface area contributed by atoms with Crippen molar-refractivity contribution in [3.63, 3.8) is 0 Å². The largest absolute Gasteiger partial charge is 0.383 e. The van der Waals surface area contributed by atoms with E-state index in [2.05, 4.69) is 10.3 Å². The molecule has 0 saturated heterocycles. The topological polar surface area (TPSA) is 92.9 Å². The molecule has 1 heterocycles. The van der Waals surface area contributed by atoms with Gasteiger partial charge in [-0.3, -0.25) is 14.3 Å². The van der Waals surface area contributed by atoms with E-state index in [0.29, 0.717) is 6.54 Å². The van der Waals surface area contributed by atoms with Gasteiger partial charge >= 0.3 is 5.69 Å². The van der Waals surface area contributed by atoms with E-state index in [1.807, 2.05) is 34.6 Å². The molecule has 0 amide bonds. The Morgan fingerprint density at radius 2 is 1.95 bits per heavy atom. The van der Waals surface area contributed by atoms with Crippen molar-refractivity contribution in [2.75, 3.05) is 11.1 Å². The van der Waals surface area contributed by atoms with E-state index in [1.54, 1.807) is 0 Å². The van der Waals surface area contributed by atoms with Crippen LogP contribution in [0.4, 0.5) is 11.5 Å². The molecule has 0 spiro atoms. The maximum atomic E-state index is 11.9. The van der Waals surface area contributed by atoms with Gasteiger partial charge in [0.1, 0.15) is 11.5 Å². The second-order valence-corrected chi connectivity index (χ2v) is 5.89. The van der Waals surface area contributed by atoms with Gasteiger partial charge in [-0.05, 0) is 26.2 Å². The van der Waals surface area contributed by atoms with Gasteiger partial charge in [-0.1, -0.05) is 20.8 Å². The van der Waals surface area contributed by atoms with Gasteiger partial charge in [0.15, 0.2) is 0 Å². The van der Waals surface area contributed by atoms with Crippen molar-refractivity contribution in [1.82, 2.24) is 9.55 Å². The molecule has 0 radical (unpaired) electrons. The summed E-state index contributed by atoms with van der Waals surface area (Å²) in [6.45, 7) is 10.4. The fraction of sp³-hybridized carbons (Fsp3) is 0.692. The minimum Gasteiger partial charge on any atom is -0.383 e. The van der Waals surface area contributed by atoms with Crippen LogP contribution in [0.15, 0.2) is 9.59 Å². The highest BCUT2D eigenvalue weighted by molar-refractivity contribution is 5.61. The standard InChI is InChI=1S/C13H24N4O2/c1-6-13(4,5)16-9-10(14)17(7-8(2)3)12(19)15-11(9)18/h8,16H,6-7,14H2,1-5H3,(H,15,18,19). The number of aromatic nitrogens is 2. The van der Waals surface area contributed by atoms with Gasteiger partial charge in [-0.15, -0.1) is 0 Å². The van der Waals surface area contributed by atoms with Gasteiger partial charge in [0.2, 0.25) is 0 Å². The smallest absolute Gasteiger partial charge is 0.330 e. The van der Waals surface area contributed by atoms with Crippen LogP contribution in [0.3, 0.4) is 0 Å². The van der Waals surface area contributed by atoms with Crippen molar-refractivity contribution < 1.29 is 0 Å². The molecule has 1 aromatic rings. The summed E-state index contributed by atoms with van der Waals surface area (Å²) in [6, 6.07) is 0. The van der Waals surface area contributed by atoms with Gasteiger partial charge in [0.25, 0.3) is 5.56 Å². The van der Waals surface area contributed by atoms with E-state index in [4.69, 9.17) is 5.73 Å². The number of hydrogen-bond donors (Lipinski definition) is 3. The van der Waals surface area contributed by atoms with Gasteiger partial charge in [0, 0.05) is 12.1 Å². The molecule has 0 aromatic carbocycles. The van der Waals surface area contributed by atoms with Crippen LogP contribution in [0.2, 0.25) is 0 Å². The molecule has 0 aliphatic heterocycles. The lowest BCUT2D eigenvalue weighted by Gasteiger charge is -2.26. The Balaban J connectivity index is 3.33. The average Bonchev–Trinajstić information content (AvgIpc) is 2.30. The normalized spacial score (nSPS) is 11.9. The zero-order valence-electron chi connectivity index (χ0n) is 12.3. The molecule has 1 rings (SSSR count). The van der Waals surface area contributed by atoms with E-state index < -0.39 is 11.2 Å². The summed E-state index contributed by atoms with van der Waals surface area (Å²) in [5.41, 5.74) is 5.05. The number of nitrogens with one attached hydrogen (secondary N) is 2. The average molecular weight is 268 g/mol. The highest BCUT2D eigenvalue weighted by Crippen LogP contribution is 2.19. The van der Waals surface area contributed by atoms with Gasteiger partial charge in [0.05, 0.1) is 0 Å². The first-order valence-electron chi connectivity index (χ1n) is 6.58. The molecule has 0 unspecified atom stereocenters. The van der Waals surface area contributed by atoms with E-state index in [-0.39, 0.29) is 23.0 Å². The van der Waals surface area contributed by atoms with Crippen LogP contribution in [-0.4, -0.2) is 15.1 Å². The third-order valence-corrected chi connectivity index (χ3v) is 3.13. The number of aromatic amines is 1. The molecule has 0 atom stereocenters. The SMILES string of the molecule is CCC(C)(C)Nc1c(N)n(CC(C)C)c(=O)[nH]c1=O. The Kier molecular flexibility index (Phi) is 4.44. The summed E-state index contributed by atoms with van der Waals surface area (Å²) in [7, 11) is 0. The molecule has 0 saturated carbocycles. The van der Waals surface area contributed by atoms with E-state index in [1.165, 1.54) is 4.57 Å². The van der Waals surface area contributed by atoms with Crippen LogP contribution in [0.5, 0.6) is 0 Å². The lowest BCUT2D eigenvalue weighted by molar-refractivity contribution is 0.504. The molecule has 0 bridgehead atoms. The lowest BCUT2D eigenvalue weighted by atomic mass is 10.0. The van der Waals surface area contributed by atoms with Crippen molar-refractivity contribution in [2.45, 2.75) is 53.1 Å². The lowest BCUT2D eigenvalue weighted by Crippen LogP contribution is -2.39. The first kappa shape index (κ1) is 15.3. The number of hydrogen-bond acceptors (Lipinski definition) is 4. The second kappa shape index (κ2) is 5.50. The molecular weight excluding hydrogens is 244 g/mol. The highest BCUT2D eigenvalue weighted by atomic mass is 16.2. The van der Waals surface area contributed by atoms with Crippen LogP contribution < -0.4 is 22.3 Å².